The van der Waals surface area contributed by atoms with Crippen LogP contribution in [-0.4, -0.2) is 46.5 Å². The largest absolute Gasteiger partial charge is 0.343 e. The van der Waals surface area contributed by atoms with Crippen LogP contribution in [0.25, 0.3) is 0 Å². The van der Waals surface area contributed by atoms with Crippen molar-refractivity contribution >= 4 is 11.8 Å². The fourth-order valence-corrected chi connectivity index (χ4v) is 5.04. The molecule has 0 unspecified atom stereocenters. The number of ether oxygens (including phenoxy) is 1. The van der Waals surface area contributed by atoms with Crippen molar-refractivity contribution in [2.24, 2.45) is 0 Å². The van der Waals surface area contributed by atoms with Gasteiger partial charge in [0.15, 0.2) is 5.72 Å². The van der Waals surface area contributed by atoms with Crippen LogP contribution in [0.4, 0.5) is 0 Å². The van der Waals surface area contributed by atoms with E-state index in [-0.39, 0.29) is 24.0 Å². The summed E-state index contributed by atoms with van der Waals surface area (Å²) in [6.07, 6.45) is 1.29. The summed E-state index contributed by atoms with van der Waals surface area (Å²) in [5, 5.41) is 0. The number of carbonyl (C=O) groups excluding carboxylic acids is 2. The third kappa shape index (κ3) is 2.57. The summed E-state index contributed by atoms with van der Waals surface area (Å²) in [6.45, 7) is 3.24. The highest BCUT2D eigenvalue weighted by Crippen LogP contribution is 2.50. The van der Waals surface area contributed by atoms with Gasteiger partial charge in [-0.3, -0.25) is 9.59 Å². The van der Waals surface area contributed by atoms with Crippen LogP contribution in [0.2, 0.25) is 0 Å². The van der Waals surface area contributed by atoms with Gasteiger partial charge in [-0.05, 0) is 23.6 Å². The van der Waals surface area contributed by atoms with Gasteiger partial charge < -0.3 is 14.5 Å². The van der Waals surface area contributed by atoms with Gasteiger partial charge >= 0.3 is 0 Å². The number of benzene rings is 2. The number of amides is 2. The molecule has 0 aromatic heterocycles. The minimum absolute atomic E-state index is 0.0811. The smallest absolute Gasteiger partial charge is 0.227 e. The number of hydrogen-bond acceptors (Lipinski definition) is 3. The molecule has 2 amide bonds. The molecule has 3 aliphatic heterocycles. The predicted octanol–water partition coefficient (Wildman–Crippen LogP) is 2.84. The van der Waals surface area contributed by atoms with Crippen molar-refractivity contribution in [3.05, 3.63) is 71.3 Å². The topological polar surface area (TPSA) is 49.9 Å². The van der Waals surface area contributed by atoms with Gasteiger partial charge in [-0.25, -0.2) is 0 Å². The maximum atomic E-state index is 13.1. The molecular formula is C23H24N2O3. The first kappa shape index (κ1) is 17.4. The minimum atomic E-state index is -0.654. The molecule has 0 aliphatic carbocycles. The molecule has 5 nitrogen and oxygen atoms in total. The molecule has 2 aromatic carbocycles. The average molecular weight is 376 g/mol. The number of nitrogens with zero attached hydrogens (tertiary/aromatic N) is 2. The van der Waals surface area contributed by atoms with Crippen molar-refractivity contribution in [1.82, 2.24) is 9.80 Å². The minimum Gasteiger partial charge on any atom is -0.343 e. The molecule has 5 heteroatoms. The molecule has 144 valence electrons. The fourth-order valence-electron chi connectivity index (χ4n) is 5.04. The van der Waals surface area contributed by atoms with Crippen LogP contribution in [0.5, 0.6) is 0 Å². The Balaban J connectivity index is 1.39. The van der Waals surface area contributed by atoms with Crippen molar-refractivity contribution in [1.29, 1.82) is 0 Å². The van der Waals surface area contributed by atoms with E-state index in [0.717, 1.165) is 16.7 Å². The zero-order valence-electron chi connectivity index (χ0n) is 16.0. The SMILES string of the molecule is Cc1ccccc1CC(=O)N1CC[C@@]23O[C@@H](c4ccccc4)CN2C(=O)C[C@@H]13. The Morgan fingerprint density at radius 2 is 1.89 bits per heavy atom. The van der Waals surface area contributed by atoms with Gasteiger partial charge in [0, 0.05) is 13.0 Å². The number of aryl methyl sites for hydroxylation is 1. The lowest BCUT2D eigenvalue weighted by Gasteiger charge is -2.32. The lowest BCUT2D eigenvalue weighted by atomic mass is 10.0. The molecule has 3 atom stereocenters. The first-order chi connectivity index (χ1) is 13.6. The normalized spacial score (nSPS) is 28.5. The second kappa shape index (κ2) is 6.45. The van der Waals surface area contributed by atoms with Gasteiger partial charge in [-0.15, -0.1) is 0 Å². The summed E-state index contributed by atoms with van der Waals surface area (Å²) < 4.78 is 6.52. The molecule has 2 aromatic rings. The Hall–Kier alpha value is -2.66. The lowest BCUT2D eigenvalue weighted by molar-refractivity contribution is -0.142. The highest BCUT2D eigenvalue weighted by molar-refractivity contribution is 5.85. The summed E-state index contributed by atoms with van der Waals surface area (Å²) in [5.74, 6) is 0.175. The Morgan fingerprint density at radius 3 is 2.68 bits per heavy atom. The lowest BCUT2D eigenvalue weighted by Crippen LogP contribution is -2.49. The average Bonchev–Trinajstić information content (AvgIpc) is 3.33. The van der Waals surface area contributed by atoms with Crippen LogP contribution in [0.1, 0.15) is 35.6 Å². The van der Waals surface area contributed by atoms with E-state index in [0.29, 0.717) is 32.4 Å². The van der Waals surface area contributed by atoms with Crippen LogP contribution < -0.4 is 0 Å². The van der Waals surface area contributed by atoms with Crippen LogP contribution in [-0.2, 0) is 20.7 Å². The van der Waals surface area contributed by atoms with E-state index in [1.165, 1.54) is 0 Å². The van der Waals surface area contributed by atoms with Crippen LogP contribution in [0.3, 0.4) is 0 Å². The van der Waals surface area contributed by atoms with Gasteiger partial charge in [0.05, 0.1) is 25.4 Å². The first-order valence-electron chi connectivity index (χ1n) is 9.96. The second-order valence-corrected chi connectivity index (χ2v) is 8.03. The molecule has 28 heavy (non-hydrogen) atoms. The van der Waals surface area contributed by atoms with Crippen molar-refractivity contribution in [3.63, 3.8) is 0 Å². The summed E-state index contributed by atoms with van der Waals surface area (Å²) >= 11 is 0. The molecule has 0 radical (unpaired) electrons. The molecule has 1 spiro atoms. The molecule has 3 fully saturated rings. The molecule has 3 heterocycles. The zero-order valence-corrected chi connectivity index (χ0v) is 16.0. The Morgan fingerprint density at radius 1 is 1.14 bits per heavy atom. The molecule has 0 bridgehead atoms. The van der Waals surface area contributed by atoms with Crippen molar-refractivity contribution in [2.75, 3.05) is 13.1 Å². The van der Waals surface area contributed by atoms with Gasteiger partial charge in [-0.2, -0.15) is 0 Å². The van der Waals surface area contributed by atoms with Gasteiger partial charge in [0.25, 0.3) is 0 Å². The number of carbonyl (C=O) groups is 2. The highest BCUT2D eigenvalue weighted by atomic mass is 16.5. The standard InChI is InChI=1S/C23H24N2O3/c1-16-7-5-6-10-18(16)13-21(26)24-12-11-23-20(24)14-22(27)25(23)15-19(28-23)17-8-3-2-4-9-17/h2-10,19-20H,11-15H2,1H3/t19-,20-,23+/m1/s1. The quantitative estimate of drug-likeness (QED) is 0.828. The molecule has 0 N–H and O–H groups in total. The van der Waals surface area contributed by atoms with Crippen molar-refractivity contribution < 1.29 is 14.3 Å². The van der Waals surface area contributed by atoms with Gasteiger partial charge in [0.1, 0.15) is 6.10 Å². The van der Waals surface area contributed by atoms with E-state index in [4.69, 9.17) is 4.74 Å². The number of likely N-dealkylation sites (tertiary alicyclic amines) is 1. The summed E-state index contributed by atoms with van der Waals surface area (Å²) in [6, 6.07) is 17.8. The van der Waals surface area contributed by atoms with E-state index in [1.807, 2.05) is 71.3 Å². The van der Waals surface area contributed by atoms with E-state index >= 15 is 0 Å². The predicted molar refractivity (Wildman–Crippen MR) is 104 cm³/mol. The van der Waals surface area contributed by atoms with Gasteiger partial charge in [-0.1, -0.05) is 54.6 Å². The Kier molecular flexibility index (Phi) is 4.02. The second-order valence-electron chi connectivity index (χ2n) is 8.03. The van der Waals surface area contributed by atoms with Crippen LogP contribution >= 0.6 is 0 Å². The fraction of sp³-hybridized carbons (Fsp3) is 0.391. The molecular weight excluding hydrogens is 352 g/mol. The number of hydrogen-bond donors (Lipinski definition) is 0. The first-order valence-corrected chi connectivity index (χ1v) is 9.96. The molecule has 3 saturated heterocycles. The van der Waals surface area contributed by atoms with E-state index in [9.17, 15) is 9.59 Å². The van der Waals surface area contributed by atoms with Crippen LogP contribution in [0.15, 0.2) is 54.6 Å². The summed E-state index contributed by atoms with van der Waals surface area (Å²) in [4.78, 5) is 29.6. The van der Waals surface area contributed by atoms with Crippen molar-refractivity contribution in [2.45, 2.75) is 44.1 Å². The van der Waals surface area contributed by atoms with Gasteiger partial charge in [0.2, 0.25) is 11.8 Å². The zero-order chi connectivity index (χ0) is 19.3. The van der Waals surface area contributed by atoms with E-state index in [2.05, 4.69) is 0 Å². The summed E-state index contributed by atoms with van der Waals surface area (Å²) in [5.41, 5.74) is 2.60. The van der Waals surface area contributed by atoms with Crippen molar-refractivity contribution in [3.8, 4) is 0 Å². The third-order valence-corrected chi connectivity index (χ3v) is 6.52. The Labute approximate surface area is 164 Å². The molecule has 5 rings (SSSR count). The molecule has 3 aliphatic rings. The highest BCUT2D eigenvalue weighted by Gasteiger charge is 2.64. The summed E-state index contributed by atoms with van der Waals surface area (Å²) in [7, 11) is 0. The maximum Gasteiger partial charge on any atom is 0.227 e. The van der Waals surface area contributed by atoms with E-state index in [1.54, 1.807) is 0 Å². The maximum absolute atomic E-state index is 13.1. The van der Waals surface area contributed by atoms with Crippen LogP contribution in [0, 0.1) is 6.92 Å². The Bertz CT molecular complexity index is 928. The van der Waals surface area contributed by atoms with E-state index < -0.39 is 5.72 Å². The monoisotopic (exact) mass is 376 g/mol. The number of rotatable bonds is 3. The third-order valence-electron chi connectivity index (χ3n) is 6.52. The molecule has 0 saturated carbocycles.